The molecule has 0 fully saturated rings. The van der Waals surface area contributed by atoms with Crippen LogP contribution in [-0.4, -0.2) is 28.7 Å². The van der Waals surface area contributed by atoms with Gasteiger partial charge in [0.2, 0.25) is 5.91 Å². The van der Waals surface area contributed by atoms with Gasteiger partial charge in [0.25, 0.3) is 5.91 Å². The van der Waals surface area contributed by atoms with E-state index < -0.39 is 35.7 Å². The van der Waals surface area contributed by atoms with Gasteiger partial charge in [-0.25, -0.2) is 4.99 Å². The van der Waals surface area contributed by atoms with Gasteiger partial charge in [0.15, 0.2) is 0 Å². The van der Waals surface area contributed by atoms with Gasteiger partial charge in [-0.2, -0.15) is 13.2 Å². The molecule has 1 N–H and O–H groups in total. The van der Waals surface area contributed by atoms with Crippen LogP contribution in [0.1, 0.15) is 22.7 Å². The number of hydrogen-bond acceptors (Lipinski definition) is 4. The molecule has 2 aliphatic rings. The molecule has 6 nitrogen and oxygen atoms in total. The second-order valence-electron chi connectivity index (χ2n) is 6.61. The van der Waals surface area contributed by atoms with E-state index >= 15 is 0 Å². The Morgan fingerprint density at radius 1 is 1.21 bits per heavy atom. The molecule has 1 aromatic carbocycles. The van der Waals surface area contributed by atoms with Crippen molar-refractivity contribution in [3.8, 4) is 11.5 Å². The molecule has 1 aromatic heterocycles. The minimum absolute atomic E-state index is 0.492. The van der Waals surface area contributed by atoms with Crippen LogP contribution in [0, 0.1) is 12.8 Å². The minimum Gasteiger partial charge on any atom is -0.456 e. The van der Waals surface area contributed by atoms with Gasteiger partial charge in [0, 0.05) is 23.5 Å². The van der Waals surface area contributed by atoms with Crippen LogP contribution in [0.4, 0.5) is 13.2 Å². The number of pyridine rings is 1. The van der Waals surface area contributed by atoms with Crippen LogP contribution in [0.15, 0.2) is 53.8 Å². The Balaban J connectivity index is 1.66. The van der Waals surface area contributed by atoms with E-state index in [4.69, 9.17) is 4.74 Å². The fourth-order valence-electron chi connectivity index (χ4n) is 3.32. The molecular weight excluding hydrogens is 387 g/mol. The summed E-state index contributed by atoms with van der Waals surface area (Å²) in [6, 6.07) is 6.36. The molecule has 3 heterocycles. The van der Waals surface area contributed by atoms with Crippen molar-refractivity contribution in [2.75, 3.05) is 0 Å². The molecule has 0 spiro atoms. The van der Waals surface area contributed by atoms with Crippen molar-refractivity contribution in [3.63, 3.8) is 0 Å². The van der Waals surface area contributed by atoms with E-state index in [0.717, 1.165) is 11.6 Å². The highest BCUT2D eigenvalue weighted by Crippen LogP contribution is 2.43. The van der Waals surface area contributed by atoms with Gasteiger partial charge >= 0.3 is 6.18 Å². The summed E-state index contributed by atoms with van der Waals surface area (Å²) in [6.07, 6.45) is -0.123. The number of carbonyl (C=O) groups is 2. The number of dihydropyridines is 1. The van der Waals surface area contributed by atoms with Gasteiger partial charge in [-0.3, -0.25) is 14.6 Å². The lowest BCUT2D eigenvalue weighted by atomic mass is 9.91. The molecule has 2 aromatic rings. The second kappa shape index (κ2) is 6.84. The number of aromatic nitrogens is 1. The number of rotatable bonds is 2. The third-order valence-electron chi connectivity index (χ3n) is 4.72. The highest BCUT2D eigenvalue weighted by Gasteiger charge is 2.40. The number of nitrogens with zero attached hydrogens (tertiary/aromatic N) is 2. The van der Waals surface area contributed by atoms with Crippen LogP contribution in [0.2, 0.25) is 0 Å². The summed E-state index contributed by atoms with van der Waals surface area (Å²) in [5, 5.41) is 2.74. The lowest BCUT2D eigenvalue weighted by Gasteiger charge is -2.30. The lowest BCUT2D eigenvalue weighted by molar-refractivity contribution is -0.132. The molecule has 2 atom stereocenters. The highest BCUT2D eigenvalue weighted by molar-refractivity contribution is 6.14. The zero-order valence-electron chi connectivity index (χ0n) is 15.0. The smallest absolute Gasteiger partial charge is 0.433 e. The quantitative estimate of drug-likeness (QED) is 0.782. The van der Waals surface area contributed by atoms with Gasteiger partial charge in [-0.05, 0) is 30.7 Å². The summed E-state index contributed by atoms with van der Waals surface area (Å²) in [7, 11) is 0. The first-order chi connectivity index (χ1) is 13.8. The molecular formula is C20H14F3N3O3. The third kappa shape index (κ3) is 3.39. The first kappa shape index (κ1) is 18.9. The maximum atomic E-state index is 12.8. The number of alkyl halides is 3. The number of aryl methyl sites for hydroxylation is 1. The van der Waals surface area contributed by atoms with E-state index in [1.807, 2.05) is 13.0 Å². The van der Waals surface area contributed by atoms with Crippen LogP contribution in [0.5, 0.6) is 11.5 Å². The highest BCUT2D eigenvalue weighted by atomic mass is 19.4. The summed E-state index contributed by atoms with van der Waals surface area (Å²) < 4.78 is 44.1. The number of ether oxygens (including phenoxy) is 1. The molecule has 4 rings (SSSR count). The molecule has 0 bridgehead atoms. The third-order valence-corrected chi connectivity index (χ3v) is 4.72. The van der Waals surface area contributed by atoms with Crippen LogP contribution in [-0.2, 0) is 9.59 Å². The van der Waals surface area contributed by atoms with Gasteiger partial charge in [0.05, 0.1) is 6.04 Å². The minimum atomic E-state index is -4.75. The van der Waals surface area contributed by atoms with Gasteiger partial charge in [-0.15, -0.1) is 0 Å². The van der Waals surface area contributed by atoms with Crippen molar-refractivity contribution in [1.82, 2.24) is 10.3 Å². The Bertz CT molecular complexity index is 1080. The number of amides is 2. The molecule has 2 aliphatic heterocycles. The summed E-state index contributed by atoms with van der Waals surface area (Å²) >= 11 is 0. The van der Waals surface area contributed by atoms with E-state index in [-0.39, 0.29) is 0 Å². The van der Waals surface area contributed by atoms with E-state index in [1.54, 1.807) is 24.4 Å². The van der Waals surface area contributed by atoms with Crippen molar-refractivity contribution in [3.05, 3.63) is 65.5 Å². The van der Waals surface area contributed by atoms with Crippen molar-refractivity contribution in [1.29, 1.82) is 0 Å². The topological polar surface area (TPSA) is 80.7 Å². The van der Waals surface area contributed by atoms with Crippen molar-refractivity contribution in [2.45, 2.75) is 19.1 Å². The Kier molecular flexibility index (Phi) is 4.45. The van der Waals surface area contributed by atoms with Crippen molar-refractivity contribution >= 4 is 17.5 Å². The second-order valence-corrected chi connectivity index (χ2v) is 6.61. The summed E-state index contributed by atoms with van der Waals surface area (Å²) in [6.45, 7) is 1.84. The van der Waals surface area contributed by atoms with Crippen molar-refractivity contribution < 1.29 is 27.5 Å². The first-order valence-electron chi connectivity index (χ1n) is 8.65. The van der Waals surface area contributed by atoms with Crippen molar-refractivity contribution in [2.24, 2.45) is 10.9 Å². The first-order valence-corrected chi connectivity index (χ1v) is 8.65. The molecule has 9 heteroatoms. The SMILES string of the molecule is Cc1cccc2c1C(NC(=O)C1C=CC(C(F)(F)F)=NC1=O)c1cnccc1O2. The number of nitrogens with one attached hydrogen (secondary N) is 1. The number of allylic oxidation sites excluding steroid dienone is 1. The number of benzene rings is 1. The van der Waals surface area contributed by atoms with E-state index in [9.17, 15) is 22.8 Å². The summed E-state index contributed by atoms with van der Waals surface area (Å²) in [5.41, 5.74) is 0.779. The Labute approximate surface area is 163 Å². The number of aliphatic imine (C=N–C) groups is 1. The largest absolute Gasteiger partial charge is 0.456 e. The molecule has 2 unspecified atom stereocenters. The fourth-order valence-corrected chi connectivity index (χ4v) is 3.32. The van der Waals surface area contributed by atoms with E-state index in [1.165, 1.54) is 6.20 Å². The Morgan fingerprint density at radius 3 is 2.72 bits per heavy atom. The van der Waals surface area contributed by atoms with Gasteiger partial charge in [-0.1, -0.05) is 18.2 Å². The number of fused-ring (bicyclic) bond motifs is 2. The number of hydrogen-bond donors (Lipinski definition) is 1. The molecule has 0 radical (unpaired) electrons. The predicted molar refractivity (Wildman–Crippen MR) is 96.6 cm³/mol. The molecule has 0 aliphatic carbocycles. The van der Waals surface area contributed by atoms with Gasteiger partial charge < -0.3 is 10.1 Å². The Hall–Kier alpha value is -3.49. The molecule has 0 saturated heterocycles. The van der Waals surface area contributed by atoms with E-state index in [0.29, 0.717) is 28.7 Å². The predicted octanol–water partition coefficient (Wildman–Crippen LogP) is 3.42. The number of halogens is 3. The van der Waals surface area contributed by atoms with Crippen LogP contribution in [0.25, 0.3) is 0 Å². The molecule has 2 amide bonds. The lowest BCUT2D eigenvalue weighted by Crippen LogP contribution is -2.40. The monoisotopic (exact) mass is 401 g/mol. The van der Waals surface area contributed by atoms with Crippen LogP contribution in [0.3, 0.4) is 0 Å². The Morgan fingerprint density at radius 2 is 2.00 bits per heavy atom. The average Bonchev–Trinajstić information content (AvgIpc) is 2.67. The maximum Gasteiger partial charge on any atom is 0.433 e. The molecule has 0 saturated carbocycles. The number of carbonyl (C=O) groups excluding carboxylic acids is 2. The molecule has 148 valence electrons. The van der Waals surface area contributed by atoms with Gasteiger partial charge in [0.1, 0.15) is 23.1 Å². The van der Waals surface area contributed by atoms with E-state index in [2.05, 4.69) is 15.3 Å². The van der Waals surface area contributed by atoms with Crippen LogP contribution < -0.4 is 10.1 Å². The standard InChI is InChI=1S/C20H14F3N3O3/c1-10-3-2-4-14-16(10)17(12-9-24-8-7-13(12)29-14)26-19(28)11-5-6-15(20(21,22)23)25-18(11)27/h2-9,11,17H,1H3,(H,26,28). The van der Waals surface area contributed by atoms with Crippen LogP contribution >= 0.6 is 0 Å². The fraction of sp³-hybridized carbons (Fsp3) is 0.200. The summed E-state index contributed by atoms with van der Waals surface area (Å²) in [4.78, 5) is 31.9. The summed E-state index contributed by atoms with van der Waals surface area (Å²) in [5.74, 6) is -2.34. The zero-order chi connectivity index (χ0) is 20.8. The molecule has 29 heavy (non-hydrogen) atoms. The zero-order valence-corrected chi connectivity index (χ0v) is 15.0. The maximum absolute atomic E-state index is 12.8. The normalized spacial score (nSPS) is 20.3. The average molecular weight is 401 g/mol.